The van der Waals surface area contributed by atoms with E-state index in [0.29, 0.717) is 5.56 Å². The molecule has 2 rings (SSSR count). The lowest BCUT2D eigenvalue weighted by atomic mass is 9.78. The molecule has 1 fully saturated rings. The summed E-state index contributed by atoms with van der Waals surface area (Å²) in [4.78, 5) is 12.1. The molecule has 23 heavy (non-hydrogen) atoms. The maximum absolute atomic E-state index is 15.1. The Balaban J connectivity index is 2.05. The first-order valence-corrected chi connectivity index (χ1v) is 7.80. The average molecular weight is 340 g/mol. The van der Waals surface area contributed by atoms with Crippen molar-refractivity contribution in [2.75, 3.05) is 13.2 Å². The summed E-state index contributed by atoms with van der Waals surface area (Å²) in [6, 6.07) is 8.58. The van der Waals surface area contributed by atoms with E-state index in [0.717, 1.165) is 0 Å². The van der Waals surface area contributed by atoms with E-state index in [-0.39, 0.29) is 30.2 Å². The van der Waals surface area contributed by atoms with E-state index in [4.69, 9.17) is 17.0 Å². The first-order valence-electron chi connectivity index (χ1n) is 7.39. The molecule has 1 aromatic rings. The van der Waals surface area contributed by atoms with Crippen LogP contribution in [0.25, 0.3) is 0 Å². The molecule has 0 aromatic heterocycles. The number of aliphatic hydroxyl groups is 1. The number of carbonyl (C=O) groups excluding carboxylic acids is 1. The molecule has 1 aliphatic heterocycles. The summed E-state index contributed by atoms with van der Waals surface area (Å²) in [6.07, 6.45) is -0.253. The fourth-order valence-electron chi connectivity index (χ4n) is 2.61. The molecule has 5 nitrogen and oxygen atoms in total. The molecule has 3 N–H and O–H groups in total. The number of nitrogens with one attached hydrogen (secondary N) is 2. The van der Waals surface area contributed by atoms with Crippen LogP contribution in [-0.4, -0.2) is 46.7 Å². The highest BCUT2D eigenvalue weighted by Gasteiger charge is 2.53. The Labute approximate surface area is 140 Å². The summed E-state index contributed by atoms with van der Waals surface area (Å²) in [6.45, 7) is 2.71. The molecule has 126 valence electrons. The predicted octanol–water partition coefficient (Wildman–Crippen LogP) is 1.56. The molecule has 7 heteroatoms. The third-order valence-corrected chi connectivity index (χ3v) is 4.36. The third-order valence-electron chi connectivity index (χ3n) is 4.16. The lowest BCUT2D eigenvalue weighted by Gasteiger charge is -2.48. The van der Waals surface area contributed by atoms with E-state index in [1.807, 2.05) is 0 Å². The van der Waals surface area contributed by atoms with Gasteiger partial charge in [0.1, 0.15) is 0 Å². The molecule has 0 unspecified atom stereocenters. The SMILES string of the molecule is C[C@H]1C[C@@](F)(CO)[C@@](C)(NC(=S)NC(=O)c2ccccc2)CO1. The van der Waals surface area contributed by atoms with Crippen LogP contribution < -0.4 is 10.6 Å². The van der Waals surface area contributed by atoms with Gasteiger partial charge < -0.3 is 15.2 Å². The van der Waals surface area contributed by atoms with Crippen LogP contribution in [0.5, 0.6) is 0 Å². The van der Waals surface area contributed by atoms with Crippen molar-refractivity contribution in [1.82, 2.24) is 10.6 Å². The molecule has 0 spiro atoms. The second-order valence-electron chi connectivity index (χ2n) is 6.06. The van der Waals surface area contributed by atoms with Gasteiger partial charge in [0, 0.05) is 12.0 Å². The maximum Gasteiger partial charge on any atom is 0.257 e. The Bertz CT molecular complexity index is 586. The minimum Gasteiger partial charge on any atom is -0.393 e. The van der Waals surface area contributed by atoms with Crippen LogP contribution in [-0.2, 0) is 4.74 Å². The monoisotopic (exact) mass is 340 g/mol. The summed E-state index contributed by atoms with van der Waals surface area (Å²) in [5.41, 5.74) is -2.68. The van der Waals surface area contributed by atoms with Crippen molar-refractivity contribution < 1.29 is 19.0 Å². The van der Waals surface area contributed by atoms with Crippen LogP contribution in [0.15, 0.2) is 30.3 Å². The zero-order chi connectivity index (χ0) is 17.1. The molecule has 1 saturated heterocycles. The van der Waals surface area contributed by atoms with Gasteiger partial charge in [0.25, 0.3) is 5.91 Å². The number of alkyl halides is 1. The van der Waals surface area contributed by atoms with Gasteiger partial charge in [0.05, 0.1) is 24.9 Å². The molecule has 1 amide bonds. The molecule has 0 radical (unpaired) electrons. The van der Waals surface area contributed by atoms with Crippen molar-refractivity contribution in [2.24, 2.45) is 0 Å². The van der Waals surface area contributed by atoms with Gasteiger partial charge in [0.2, 0.25) is 0 Å². The quantitative estimate of drug-likeness (QED) is 0.729. The van der Waals surface area contributed by atoms with Crippen LogP contribution in [0.4, 0.5) is 4.39 Å². The van der Waals surface area contributed by atoms with Crippen molar-refractivity contribution in [3.8, 4) is 0 Å². The van der Waals surface area contributed by atoms with Crippen molar-refractivity contribution in [3.05, 3.63) is 35.9 Å². The third kappa shape index (κ3) is 3.85. The zero-order valence-corrected chi connectivity index (χ0v) is 14.0. The Hall–Kier alpha value is -1.57. The first-order chi connectivity index (χ1) is 10.8. The van der Waals surface area contributed by atoms with Gasteiger partial charge in [-0.05, 0) is 38.2 Å². The minimum atomic E-state index is -1.90. The molecule has 0 bridgehead atoms. The van der Waals surface area contributed by atoms with E-state index >= 15 is 4.39 Å². The number of benzene rings is 1. The van der Waals surface area contributed by atoms with Gasteiger partial charge in [0.15, 0.2) is 10.8 Å². The largest absolute Gasteiger partial charge is 0.393 e. The Kier molecular flexibility index (Phi) is 5.33. The summed E-state index contributed by atoms with van der Waals surface area (Å²) < 4.78 is 20.6. The predicted molar refractivity (Wildman–Crippen MR) is 89.0 cm³/mol. The van der Waals surface area contributed by atoms with Crippen LogP contribution in [0.2, 0.25) is 0 Å². The molecule has 0 saturated carbocycles. The van der Waals surface area contributed by atoms with Crippen LogP contribution in [0.1, 0.15) is 30.6 Å². The number of ether oxygens (including phenoxy) is 1. The number of aliphatic hydroxyl groups excluding tert-OH is 1. The number of carbonyl (C=O) groups is 1. The minimum absolute atomic E-state index is 0.00465. The average Bonchev–Trinajstić information content (AvgIpc) is 2.52. The standard InChI is InChI=1S/C16H21FN2O3S/c1-11-8-16(17,9-20)15(2,10-22-11)19-14(23)18-13(21)12-6-4-3-5-7-12/h3-7,11,20H,8-10H2,1-2H3,(H2,18,19,21,23)/t11-,15-,16+/m0/s1. The highest BCUT2D eigenvalue weighted by atomic mass is 32.1. The van der Waals surface area contributed by atoms with Gasteiger partial charge in [-0.2, -0.15) is 0 Å². The van der Waals surface area contributed by atoms with Gasteiger partial charge in [-0.25, -0.2) is 4.39 Å². The number of hydrogen-bond acceptors (Lipinski definition) is 4. The van der Waals surface area contributed by atoms with E-state index < -0.39 is 17.8 Å². The molecular formula is C16H21FN2O3S. The van der Waals surface area contributed by atoms with Gasteiger partial charge in [-0.3, -0.25) is 10.1 Å². The number of rotatable bonds is 3. The van der Waals surface area contributed by atoms with Crippen molar-refractivity contribution in [2.45, 2.75) is 37.6 Å². The summed E-state index contributed by atoms with van der Waals surface area (Å²) in [7, 11) is 0. The normalized spacial score (nSPS) is 30.5. The first kappa shape index (κ1) is 17.8. The Morgan fingerprint density at radius 1 is 1.48 bits per heavy atom. The van der Waals surface area contributed by atoms with E-state index in [2.05, 4.69) is 10.6 Å². The molecule has 1 aliphatic rings. The van der Waals surface area contributed by atoms with Crippen LogP contribution in [0, 0.1) is 0 Å². The Morgan fingerprint density at radius 2 is 2.13 bits per heavy atom. The van der Waals surface area contributed by atoms with Gasteiger partial charge in [-0.1, -0.05) is 18.2 Å². The topological polar surface area (TPSA) is 70.6 Å². The molecule has 1 aromatic carbocycles. The second-order valence-corrected chi connectivity index (χ2v) is 6.46. The lowest BCUT2D eigenvalue weighted by molar-refractivity contribution is -0.132. The smallest absolute Gasteiger partial charge is 0.257 e. The van der Waals surface area contributed by atoms with Crippen LogP contribution >= 0.6 is 12.2 Å². The van der Waals surface area contributed by atoms with Crippen molar-refractivity contribution >= 4 is 23.2 Å². The van der Waals surface area contributed by atoms with Crippen molar-refractivity contribution in [1.29, 1.82) is 0 Å². The maximum atomic E-state index is 15.1. The number of hydrogen-bond donors (Lipinski definition) is 3. The lowest BCUT2D eigenvalue weighted by Crippen LogP contribution is -2.69. The van der Waals surface area contributed by atoms with E-state index in [1.165, 1.54) is 0 Å². The highest BCUT2D eigenvalue weighted by molar-refractivity contribution is 7.80. The Morgan fingerprint density at radius 3 is 2.74 bits per heavy atom. The molecule has 1 heterocycles. The van der Waals surface area contributed by atoms with Gasteiger partial charge >= 0.3 is 0 Å². The van der Waals surface area contributed by atoms with E-state index in [1.54, 1.807) is 44.2 Å². The second kappa shape index (κ2) is 6.90. The number of thiocarbonyl (C=S) groups is 1. The summed E-state index contributed by atoms with van der Waals surface area (Å²) in [5, 5.41) is 14.8. The van der Waals surface area contributed by atoms with Crippen LogP contribution in [0.3, 0.4) is 0 Å². The summed E-state index contributed by atoms with van der Waals surface area (Å²) >= 11 is 5.12. The molecular weight excluding hydrogens is 319 g/mol. The number of halogens is 1. The molecule has 3 atom stereocenters. The van der Waals surface area contributed by atoms with E-state index in [9.17, 15) is 9.90 Å². The fourth-order valence-corrected chi connectivity index (χ4v) is 2.93. The summed E-state index contributed by atoms with van der Waals surface area (Å²) in [5.74, 6) is -0.384. The fraction of sp³-hybridized carbons (Fsp3) is 0.500. The highest BCUT2D eigenvalue weighted by Crippen LogP contribution is 2.36. The zero-order valence-electron chi connectivity index (χ0n) is 13.1. The molecule has 0 aliphatic carbocycles. The van der Waals surface area contributed by atoms with Crippen molar-refractivity contribution in [3.63, 3.8) is 0 Å². The van der Waals surface area contributed by atoms with Gasteiger partial charge in [-0.15, -0.1) is 0 Å². The number of amides is 1.